The third-order valence-corrected chi connectivity index (χ3v) is 4.15. The van der Waals surface area contributed by atoms with Gasteiger partial charge < -0.3 is 19.9 Å². The molecule has 0 aliphatic rings. The van der Waals surface area contributed by atoms with Crippen molar-refractivity contribution in [2.45, 2.75) is 38.5 Å². The highest BCUT2D eigenvalue weighted by molar-refractivity contribution is 5.91. The van der Waals surface area contributed by atoms with Crippen molar-refractivity contribution in [3.05, 3.63) is 71.8 Å². The molecule has 0 aromatic heterocycles. The third-order valence-electron chi connectivity index (χ3n) is 4.15. The largest absolute Gasteiger partial charge is 0.480 e. The summed E-state index contributed by atoms with van der Waals surface area (Å²) in [6.07, 6.45) is -1.74. The minimum atomic E-state index is -1.25. The smallest absolute Gasteiger partial charge is 0.414 e. The van der Waals surface area contributed by atoms with Gasteiger partial charge in [0.1, 0.15) is 19.3 Å². The number of hydrogen-bond donors (Lipinski definition) is 3. The van der Waals surface area contributed by atoms with Crippen molar-refractivity contribution in [3.63, 3.8) is 0 Å². The maximum absolute atomic E-state index is 11.8. The second kappa shape index (κ2) is 12.6. The average Bonchev–Trinajstić information content (AvgIpc) is 2.77. The van der Waals surface area contributed by atoms with Crippen LogP contribution in [0.1, 0.15) is 30.4 Å². The van der Waals surface area contributed by atoms with E-state index in [4.69, 9.17) is 9.47 Å². The first-order chi connectivity index (χ1) is 14.9. The summed E-state index contributed by atoms with van der Waals surface area (Å²) in [5.41, 5.74) is 1.54. The first-order valence-electron chi connectivity index (χ1n) is 9.64. The Hall–Kier alpha value is -3.88. The minimum Gasteiger partial charge on any atom is -0.480 e. The van der Waals surface area contributed by atoms with Gasteiger partial charge in [-0.15, -0.1) is 0 Å². The van der Waals surface area contributed by atoms with Gasteiger partial charge in [-0.25, -0.2) is 14.4 Å². The molecule has 3 N–H and O–H groups in total. The Kier molecular flexibility index (Phi) is 9.54. The molecule has 9 heteroatoms. The minimum absolute atomic E-state index is 0.00646. The second-order valence-electron chi connectivity index (χ2n) is 6.60. The summed E-state index contributed by atoms with van der Waals surface area (Å²) in [5.74, 6) is -1.85. The number of carbonyl (C=O) groups excluding carboxylic acids is 3. The van der Waals surface area contributed by atoms with Crippen molar-refractivity contribution in [2.24, 2.45) is 0 Å². The standard InChI is InChI=1S/C22H24N2O7/c25-19(24-22(29)31-15-17-10-5-2-6-11-17)13-7-12-18(20(26)27)23-21(28)30-14-16-8-3-1-4-9-16/h1-6,8-11,18H,7,12-15H2,(H,23,28)(H,26,27)(H,24,25,29)/t18-/m1/s1. The quantitative estimate of drug-likeness (QED) is 0.530. The fraction of sp³-hybridized carbons (Fsp3) is 0.273. The first-order valence-corrected chi connectivity index (χ1v) is 9.64. The van der Waals surface area contributed by atoms with Crippen LogP contribution in [0.2, 0.25) is 0 Å². The number of rotatable bonds is 10. The zero-order valence-electron chi connectivity index (χ0n) is 16.8. The SMILES string of the molecule is O=C(CCC[C@@H](NC(=O)OCc1ccccc1)C(=O)O)NC(=O)OCc1ccccc1. The molecule has 0 aliphatic carbocycles. The van der Waals surface area contributed by atoms with Gasteiger partial charge in [0.05, 0.1) is 0 Å². The highest BCUT2D eigenvalue weighted by atomic mass is 16.6. The number of aliphatic carboxylic acids is 1. The predicted octanol–water partition coefficient (Wildman–Crippen LogP) is 2.99. The van der Waals surface area contributed by atoms with E-state index in [0.717, 1.165) is 11.1 Å². The zero-order chi connectivity index (χ0) is 22.5. The molecular weight excluding hydrogens is 404 g/mol. The molecule has 2 rings (SSSR count). The van der Waals surface area contributed by atoms with E-state index in [9.17, 15) is 24.3 Å². The highest BCUT2D eigenvalue weighted by Gasteiger charge is 2.21. The summed E-state index contributed by atoms with van der Waals surface area (Å²) in [4.78, 5) is 46.6. The lowest BCUT2D eigenvalue weighted by Crippen LogP contribution is -2.41. The molecule has 0 radical (unpaired) electrons. The number of nitrogens with one attached hydrogen (secondary N) is 2. The van der Waals surface area contributed by atoms with Gasteiger partial charge in [-0.2, -0.15) is 0 Å². The van der Waals surface area contributed by atoms with Crippen LogP contribution in [0.3, 0.4) is 0 Å². The van der Waals surface area contributed by atoms with Gasteiger partial charge in [0.2, 0.25) is 5.91 Å². The summed E-state index contributed by atoms with van der Waals surface area (Å²) < 4.78 is 9.94. The highest BCUT2D eigenvalue weighted by Crippen LogP contribution is 2.05. The van der Waals surface area contributed by atoms with Crippen molar-refractivity contribution < 1.29 is 33.8 Å². The number of carbonyl (C=O) groups is 4. The maximum Gasteiger partial charge on any atom is 0.414 e. The number of hydrogen-bond acceptors (Lipinski definition) is 6. The lowest BCUT2D eigenvalue weighted by Gasteiger charge is -2.14. The summed E-state index contributed by atoms with van der Waals surface area (Å²) in [7, 11) is 0. The number of carboxylic acid groups (broad SMARTS) is 1. The molecule has 0 heterocycles. The lowest BCUT2D eigenvalue weighted by atomic mass is 10.1. The third kappa shape index (κ3) is 9.44. The molecule has 9 nitrogen and oxygen atoms in total. The van der Waals surface area contributed by atoms with E-state index >= 15 is 0 Å². The normalized spacial score (nSPS) is 11.1. The van der Waals surface area contributed by atoms with E-state index in [1.165, 1.54) is 0 Å². The molecule has 0 bridgehead atoms. The van der Waals surface area contributed by atoms with Gasteiger partial charge in [0.15, 0.2) is 0 Å². The number of benzene rings is 2. The average molecular weight is 428 g/mol. The predicted molar refractivity (Wildman–Crippen MR) is 110 cm³/mol. The molecule has 3 amide bonds. The number of ether oxygens (including phenoxy) is 2. The van der Waals surface area contributed by atoms with E-state index in [-0.39, 0.29) is 32.5 Å². The molecule has 0 fully saturated rings. The van der Waals surface area contributed by atoms with Gasteiger partial charge in [-0.3, -0.25) is 10.1 Å². The Labute approximate surface area is 179 Å². The van der Waals surface area contributed by atoms with Crippen LogP contribution < -0.4 is 10.6 Å². The van der Waals surface area contributed by atoms with Gasteiger partial charge in [-0.05, 0) is 24.0 Å². The van der Waals surface area contributed by atoms with Crippen LogP contribution in [-0.4, -0.2) is 35.2 Å². The van der Waals surface area contributed by atoms with Crippen molar-refractivity contribution >= 4 is 24.1 Å². The van der Waals surface area contributed by atoms with Gasteiger partial charge in [0, 0.05) is 6.42 Å². The van der Waals surface area contributed by atoms with Crippen molar-refractivity contribution in [2.75, 3.05) is 0 Å². The summed E-state index contributed by atoms with van der Waals surface area (Å²) >= 11 is 0. The van der Waals surface area contributed by atoms with Gasteiger partial charge >= 0.3 is 18.2 Å². The Bertz CT molecular complexity index is 872. The molecule has 0 unspecified atom stereocenters. The lowest BCUT2D eigenvalue weighted by molar-refractivity contribution is -0.139. The molecule has 164 valence electrons. The van der Waals surface area contributed by atoms with Crippen LogP contribution in [0, 0.1) is 0 Å². The molecule has 1 atom stereocenters. The molecule has 2 aromatic carbocycles. The first kappa shape index (κ1) is 23.4. The van der Waals surface area contributed by atoms with Gasteiger partial charge in [-0.1, -0.05) is 60.7 Å². The van der Waals surface area contributed by atoms with E-state index < -0.39 is 30.1 Å². The molecule has 31 heavy (non-hydrogen) atoms. The van der Waals surface area contributed by atoms with Crippen molar-refractivity contribution in [1.29, 1.82) is 0 Å². The van der Waals surface area contributed by atoms with Gasteiger partial charge in [0.25, 0.3) is 0 Å². The van der Waals surface area contributed by atoms with Crippen LogP contribution in [0.5, 0.6) is 0 Å². The fourth-order valence-corrected chi connectivity index (χ4v) is 2.57. The topological polar surface area (TPSA) is 131 Å². The Balaban J connectivity index is 1.66. The summed E-state index contributed by atoms with van der Waals surface area (Å²) in [5, 5.41) is 13.6. The van der Waals surface area contributed by atoms with Crippen LogP contribution in [0.15, 0.2) is 60.7 Å². The van der Waals surface area contributed by atoms with E-state index in [1.54, 1.807) is 48.5 Å². The molecular formula is C22H24N2O7. The maximum atomic E-state index is 11.8. The van der Waals surface area contributed by atoms with Crippen molar-refractivity contribution in [1.82, 2.24) is 10.6 Å². The number of alkyl carbamates (subject to hydrolysis) is 2. The van der Waals surface area contributed by atoms with E-state index in [0.29, 0.717) is 0 Å². The second-order valence-corrected chi connectivity index (χ2v) is 6.60. The molecule has 0 aliphatic heterocycles. The summed E-state index contributed by atoms with van der Waals surface area (Å²) in [6, 6.07) is 16.7. The number of amides is 3. The van der Waals surface area contributed by atoms with Crippen molar-refractivity contribution in [3.8, 4) is 0 Å². The van der Waals surface area contributed by atoms with E-state index in [1.807, 2.05) is 12.1 Å². The van der Waals surface area contributed by atoms with Crippen LogP contribution in [-0.2, 0) is 32.3 Å². The fourth-order valence-electron chi connectivity index (χ4n) is 2.57. The Morgan fingerprint density at radius 1 is 0.806 bits per heavy atom. The van der Waals surface area contributed by atoms with E-state index in [2.05, 4.69) is 10.6 Å². The summed E-state index contributed by atoms with van der Waals surface area (Å²) in [6.45, 7) is 0.0303. The molecule has 0 saturated carbocycles. The van der Waals surface area contributed by atoms with Crippen LogP contribution in [0.4, 0.5) is 9.59 Å². The Morgan fingerprint density at radius 2 is 1.32 bits per heavy atom. The monoisotopic (exact) mass is 428 g/mol. The Morgan fingerprint density at radius 3 is 1.84 bits per heavy atom. The molecule has 0 spiro atoms. The van der Waals surface area contributed by atoms with Crippen LogP contribution >= 0.6 is 0 Å². The van der Waals surface area contributed by atoms with Crippen LogP contribution in [0.25, 0.3) is 0 Å². The zero-order valence-corrected chi connectivity index (χ0v) is 16.8. The molecule has 2 aromatic rings. The number of carboxylic acids is 1. The molecule has 0 saturated heterocycles. The number of imide groups is 1.